The first-order chi connectivity index (χ1) is 18.7. The molecular weight excluding hydrogens is 554 g/mol. The van der Waals surface area contributed by atoms with Crippen LogP contribution in [0.3, 0.4) is 0 Å². The van der Waals surface area contributed by atoms with Crippen LogP contribution in [0.25, 0.3) is 0 Å². The highest BCUT2D eigenvalue weighted by Crippen LogP contribution is 2.37. The van der Waals surface area contributed by atoms with Gasteiger partial charge in [0.25, 0.3) is 11.5 Å². The van der Waals surface area contributed by atoms with Gasteiger partial charge in [-0.15, -0.1) is 0 Å². The molecule has 40 heavy (non-hydrogen) atoms. The van der Waals surface area contributed by atoms with Crippen molar-refractivity contribution in [3.8, 4) is 0 Å². The molecule has 0 aliphatic carbocycles. The van der Waals surface area contributed by atoms with Crippen LogP contribution in [0, 0.1) is 0 Å². The summed E-state index contributed by atoms with van der Waals surface area (Å²) in [6, 6.07) is -1.53. The third-order valence-electron chi connectivity index (χ3n) is 6.33. The molecule has 4 rings (SSSR count). The Balaban J connectivity index is 1.30. The zero-order valence-electron chi connectivity index (χ0n) is 21.1. The zero-order chi connectivity index (χ0) is 29.4. The number of nitrogens with one attached hydrogen (secondary N) is 2. The lowest BCUT2D eigenvalue weighted by Crippen LogP contribution is -2.63. The van der Waals surface area contributed by atoms with Gasteiger partial charge in [-0.25, -0.2) is 15.1 Å². The Hall–Kier alpha value is -3.96. The molecular formula is C22H24F6N8O4. The number of piperazine rings is 1. The number of nitrogens with zero attached hydrogens (tertiary/aromatic N) is 6. The van der Waals surface area contributed by atoms with E-state index in [4.69, 9.17) is 4.74 Å². The average Bonchev–Trinajstić information content (AvgIpc) is 2.87. The van der Waals surface area contributed by atoms with Crippen molar-refractivity contribution < 1.29 is 40.7 Å². The number of halogens is 6. The van der Waals surface area contributed by atoms with Gasteiger partial charge in [0.2, 0.25) is 5.91 Å². The normalized spacial score (nSPS) is 18.4. The summed E-state index contributed by atoms with van der Waals surface area (Å²) in [6.45, 7) is 1.63. The van der Waals surface area contributed by atoms with Gasteiger partial charge in [-0.3, -0.25) is 19.3 Å². The number of fused-ring (bicyclic) bond motifs is 3. The van der Waals surface area contributed by atoms with E-state index in [-0.39, 0.29) is 56.8 Å². The predicted molar refractivity (Wildman–Crippen MR) is 127 cm³/mol. The van der Waals surface area contributed by atoms with Gasteiger partial charge in [0.05, 0.1) is 44.3 Å². The number of ether oxygens (including phenoxy) is 1. The Labute approximate surface area is 222 Å². The minimum absolute atomic E-state index is 0.0299. The first kappa shape index (κ1) is 29.0. The van der Waals surface area contributed by atoms with E-state index in [1.807, 2.05) is 0 Å². The Morgan fingerprint density at radius 3 is 2.55 bits per heavy atom. The number of rotatable bonds is 7. The number of carbonyl (C=O) groups is 2. The molecule has 2 aliphatic heterocycles. The van der Waals surface area contributed by atoms with Crippen molar-refractivity contribution in [1.29, 1.82) is 0 Å². The predicted octanol–water partition coefficient (Wildman–Crippen LogP) is 1.50. The van der Waals surface area contributed by atoms with Gasteiger partial charge in [0.1, 0.15) is 11.6 Å². The first-order valence-electron chi connectivity index (χ1n) is 11.9. The van der Waals surface area contributed by atoms with Crippen LogP contribution in [0.5, 0.6) is 0 Å². The van der Waals surface area contributed by atoms with E-state index >= 15 is 0 Å². The number of hydrogen-bond donors (Lipinski definition) is 2. The molecule has 1 saturated heterocycles. The number of aromatic amines is 1. The van der Waals surface area contributed by atoms with E-state index in [1.54, 1.807) is 5.10 Å². The van der Waals surface area contributed by atoms with Crippen LogP contribution in [0.4, 0.5) is 43.7 Å². The number of carbonyl (C=O) groups excluding carboxylic acids is 2. The van der Waals surface area contributed by atoms with Crippen molar-refractivity contribution in [2.75, 3.05) is 55.0 Å². The van der Waals surface area contributed by atoms with Crippen LogP contribution in [-0.4, -0.2) is 88.9 Å². The summed E-state index contributed by atoms with van der Waals surface area (Å²) in [4.78, 5) is 48.6. The molecule has 0 aromatic carbocycles. The molecule has 0 saturated carbocycles. The number of amides is 2. The van der Waals surface area contributed by atoms with E-state index in [1.165, 1.54) is 23.8 Å². The van der Waals surface area contributed by atoms with Crippen molar-refractivity contribution in [2.24, 2.45) is 0 Å². The third kappa shape index (κ3) is 5.95. The van der Waals surface area contributed by atoms with E-state index in [9.17, 15) is 40.7 Å². The molecule has 12 nitrogen and oxygen atoms in total. The molecule has 2 atom stereocenters. The van der Waals surface area contributed by atoms with Crippen LogP contribution >= 0.6 is 0 Å². The summed E-state index contributed by atoms with van der Waals surface area (Å²) < 4.78 is 84.1. The van der Waals surface area contributed by atoms with Gasteiger partial charge >= 0.3 is 12.4 Å². The fourth-order valence-corrected chi connectivity index (χ4v) is 4.41. The van der Waals surface area contributed by atoms with Gasteiger partial charge in [-0.05, 0) is 6.92 Å². The summed E-state index contributed by atoms with van der Waals surface area (Å²) in [6.07, 6.45) is -8.28. The quantitative estimate of drug-likeness (QED) is 0.370. The maximum atomic E-state index is 13.2. The van der Waals surface area contributed by atoms with Gasteiger partial charge in [0, 0.05) is 26.2 Å². The van der Waals surface area contributed by atoms with Gasteiger partial charge in [-0.1, -0.05) is 0 Å². The molecule has 0 radical (unpaired) electrons. The number of likely N-dealkylation sites (N-methyl/N-ethyl adjacent to an activating group) is 1. The topological polar surface area (TPSA) is 137 Å². The lowest BCUT2D eigenvalue weighted by molar-refractivity contribution is -0.141. The monoisotopic (exact) mass is 578 g/mol. The molecule has 0 unspecified atom stereocenters. The molecule has 218 valence electrons. The summed E-state index contributed by atoms with van der Waals surface area (Å²) in [5.41, 5.74) is -4.54. The van der Waals surface area contributed by atoms with Gasteiger partial charge < -0.3 is 19.9 Å². The Bertz CT molecular complexity index is 1330. The van der Waals surface area contributed by atoms with Crippen LogP contribution in [-0.2, 0) is 26.7 Å². The first-order valence-corrected chi connectivity index (χ1v) is 11.9. The Morgan fingerprint density at radius 2 is 1.88 bits per heavy atom. The highest BCUT2D eigenvalue weighted by atomic mass is 19.4. The average molecular weight is 578 g/mol. The van der Waals surface area contributed by atoms with Gasteiger partial charge in [-0.2, -0.15) is 31.4 Å². The van der Waals surface area contributed by atoms with E-state index < -0.39 is 52.8 Å². The smallest absolute Gasteiger partial charge is 0.379 e. The number of aromatic nitrogens is 4. The zero-order valence-corrected chi connectivity index (χ0v) is 21.1. The van der Waals surface area contributed by atoms with Crippen LogP contribution in [0.2, 0.25) is 0 Å². The minimum Gasteiger partial charge on any atom is -0.379 e. The van der Waals surface area contributed by atoms with Crippen LogP contribution < -0.4 is 20.7 Å². The van der Waals surface area contributed by atoms with Crippen molar-refractivity contribution >= 4 is 29.1 Å². The maximum Gasteiger partial charge on any atom is 0.434 e. The van der Waals surface area contributed by atoms with Crippen LogP contribution in [0.15, 0.2) is 17.2 Å². The Kier molecular flexibility index (Phi) is 7.91. The maximum absolute atomic E-state index is 13.2. The number of hydrogen-bond acceptors (Lipinski definition) is 9. The number of anilines is 3. The van der Waals surface area contributed by atoms with Gasteiger partial charge in [0.15, 0.2) is 17.3 Å². The molecule has 2 aliphatic rings. The molecule has 0 bridgehead atoms. The summed E-state index contributed by atoms with van der Waals surface area (Å²) in [5.74, 6) is -0.994. The summed E-state index contributed by atoms with van der Waals surface area (Å²) >= 11 is 0. The van der Waals surface area contributed by atoms with Crippen molar-refractivity contribution in [3.05, 3.63) is 34.0 Å². The second kappa shape index (κ2) is 10.9. The van der Waals surface area contributed by atoms with Crippen LogP contribution in [0.1, 0.15) is 24.6 Å². The second-order valence-corrected chi connectivity index (χ2v) is 9.20. The minimum atomic E-state index is -4.90. The SMILES string of the molecule is C[C@@H](COCCC(=O)N1CCN2c3ncc(C(F)(F)F)nc3N(C)C(=O)[C@@H]2C1)Nc1cn[nH]c(=O)c1C(F)(F)F. The largest absolute Gasteiger partial charge is 0.434 e. The van der Waals surface area contributed by atoms with E-state index in [0.29, 0.717) is 6.20 Å². The van der Waals surface area contributed by atoms with Crippen molar-refractivity contribution in [1.82, 2.24) is 25.1 Å². The second-order valence-electron chi connectivity index (χ2n) is 9.20. The lowest BCUT2D eigenvalue weighted by Gasteiger charge is -2.46. The van der Waals surface area contributed by atoms with Crippen molar-refractivity contribution in [3.63, 3.8) is 0 Å². The highest BCUT2D eigenvalue weighted by Gasteiger charge is 2.44. The molecule has 18 heteroatoms. The Morgan fingerprint density at radius 1 is 1.15 bits per heavy atom. The molecule has 2 amide bonds. The molecule has 2 aromatic heterocycles. The van der Waals surface area contributed by atoms with E-state index in [0.717, 1.165) is 11.1 Å². The fourth-order valence-electron chi connectivity index (χ4n) is 4.41. The van der Waals surface area contributed by atoms with Crippen molar-refractivity contribution in [2.45, 2.75) is 37.8 Å². The lowest BCUT2D eigenvalue weighted by atomic mass is 10.1. The van der Waals surface area contributed by atoms with E-state index in [2.05, 4.69) is 20.4 Å². The highest BCUT2D eigenvalue weighted by molar-refractivity contribution is 6.04. The molecule has 4 heterocycles. The number of alkyl halides is 6. The molecule has 2 aromatic rings. The molecule has 0 spiro atoms. The fraction of sp³-hybridized carbons (Fsp3) is 0.545. The summed E-state index contributed by atoms with van der Waals surface area (Å²) in [5, 5.41) is 7.64. The standard InChI is InChI=1S/C22H24F6N8O4/c1-11(31-12-7-30-33-19(38)16(12)22(26,27)28)10-40-6-3-15(37)35-4-5-36-13(9-35)20(39)34(2)18-17(36)29-8-14(32-18)21(23,24)25/h7-8,11,13H,3-6,9-10H2,1-2H3,(H2,31,33,38)/t11-,13-/m0/s1. The third-order valence-corrected chi connectivity index (χ3v) is 6.33. The summed E-state index contributed by atoms with van der Waals surface area (Å²) in [7, 11) is 1.29. The number of H-pyrrole nitrogens is 1. The molecule has 1 fully saturated rings. The molecule has 2 N–H and O–H groups in total.